The molecular formula is C62H37NO2S. The Hall–Kier alpha value is -8.18. The van der Waals surface area contributed by atoms with E-state index in [-0.39, 0.29) is 0 Å². The molecule has 0 amide bonds. The number of nitrogens with zero attached hydrogens (tertiary/aromatic N) is 1. The molecule has 2 aliphatic heterocycles. The Balaban J connectivity index is 1.07. The summed E-state index contributed by atoms with van der Waals surface area (Å²) >= 11 is 1.86. The van der Waals surface area contributed by atoms with E-state index in [1.54, 1.807) is 0 Å². The van der Waals surface area contributed by atoms with E-state index in [0.717, 1.165) is 62.3 Å². The molecule has 0 unspecified atom stereocenters. The van der Waals surface area contributed by atoms with Gasteiger partial charge in [0.2, 0.25) is 0 Å². The van der Waals surface area contributed by atoms with Crippen molar-refractivity contribution in [1.82, 2.24) is 0 Å². The van der Waals surface area contributed by atoms with Crippen molar-refractivity contribution in [2.75, 3.05) is 4.90 Å². The van der Waals surface area contributed by atoms with Gasteiger partial charge in [0.25, 0.3) is 0 Å². The number of rotatable bonds is 3. The maximum absolute atomic E-state index is 6.76. The smallest absolute Gasteiger partial charge is 0.132 e. The fourth-order valence-corrected chi connectivity index (χ4v) is 13.5. The molecule has 0 atom stereocenters. The van der Waals surface area contributed by atoms with Crippen LogP contribution in [0.25, 0.3) is 42.4 Å². The van der Waals surface area contributed by atoms with E-state index in [9.17, 15) is 0 Å². The number of para-hydroxylation sites is 4. The lowest BCUT2D eigenvalue weighted by Crippen LogP contribution is -2.32. The van der Waals surface area contributed by atoms with E-state index in [1.165, 1.54) is 64.7 Å². The summed E-state index contributed by atoms with van der Waals surface area (Å²) in [5.74, 6) is 3.54. The molecule has 0 saturated heterocycles. The molecular weight excluding hydrogens is 823 g/mol. The molecule has 3 heterocycles. The van der Waals surface area contributed by atoms with Gasteiger partial charge in [0, 0.05) is 53.7 Å². The van der Waals surface area contributed by atoms with Gasteiger partial charge in [-0.3, -0.25) is 0 Å². The maximum Gasteiger partial charge on any atom is 0.132 e. The number of thiophene rings is 1. The number of anilines is 3. The Morgan fingerprint density at radius 2 is 0.788 bits per heavy atom. The van der Waals surface area contributed by atoms with Gasteiger partial charge >= 0.3 is 0 Å². The van der Waals surface area contributed by atoms with Crippen LogP contribution >= 0.6 is 11.3 Å². The summed E-state index contributed by atoms with van der Waals surface area (Å²) in [7, 11) is 0. The van der Waals surface area contributed by atoms with Crippen LogP contribution < -0.4 is 14.4 Å². The normalized spacial score (nSPS) is 14.5. The van der Waals surface area contributed by atoms with Crippen LogP contribution in [0.5, 0.6) is 23.0 Å². The van der Waals surface area contributed by atoms with E-state index in [0.29, 0.717) is 0 Å². The SMILES string of the molecule is c1ccc2c(c1)Oc1ccccc1C21c2ccccc2-c2ccc(N(c3cccc4c3-c3ccccc3C43c4ccccc4Oc4ccccc43)c3cccc4sc5ccccc5c34)cc21. The molecule has 4 heteroatoms. The number of fused-ring (bicyclic) bond motifs is 21. The summed E-state index contributed by atoms with van der Waals surface area (Å²) in [6, 6.07) is 82.5. The fraction of sp³-hybridized carbons (Fsp3) is 0.0323. The molecule has 2 spiro atoms. The third-order valence-electron chi connectivity index (χ3n) is 14.8. The molecule has 10 aromatic carbocycles. The van der Waals surface area contributed by atoms with Gasteiger partial charge in [0.15, 0.2) is 0 Å². The first-order valence-electron chi connectivity index (χ1n) is 22.7. The summed E-state index contributed by atoms with van der Waals surface area (Å²) in [4.78, 5) is 2.57. The lowest BCUT2D eigenvalue weighted by Gasteiger charge is -2.40. The zero-order valence-electron chi connectivity index (χ0n) is 35.5. The number of ether oxygens (including phenoxy) is 2. The van der Waals surface area contributed by atoms with E-state index in [1.807, 2.05) is 11.3 Å². The predicted molar refractivity (Wildman–Crippen MR) is 269 cm³/mol. The number of benzene rings is 10. The van der Waals surface area contributed by atoms with Gasteiger partial charge in [-0.25, -0.2) is 0 Å². The van der Waals surface area contributed by atoms with Crippen molar-refractivity contribution in [3.8, 4) is 45.3 Å². The summed E-state index contributed by atoms with van der Waals surface area (Å²) in [6.07, 6.45) is 0. The summed E-state index contributed by atoms with van der Waals surface area (Å²) in [6.45, 7) is 0. The first-order valence-corrected chi connectivity index (χ1v) is 23.5. The van der Waals surface area contributed by atoms with Crippen LogP contribution in [0.2, 0.25) is 0 Å². The van der Waals surface area contributed by atoms with Crippen molar-refractivity contribution in [2.45, 2.75) is 10.8 Å². The van der Waals surface area contributed by atoms with E-state index in [2.05, 4.69) is 229 Å². The highest BCUT2D eigenvalue weighted by molar-refractivity contribution is 7.26. The number of hydrogen-bond acceptors (Lipinski definition) is 4. The molecule has 0 bridgehead atoms. The monoisotopic (exact) mass is 859 g/mol. The predicted octanol–water partition coefficient (Wildman–Crippen LogP) is 16.5. The largest absolute Gasteiger partial charge is 0.457 e. The lowest BCUT2D eigenvalue weighted by molar-refractivity contribution is 0.436. The van der Waals surface area contributed by atoms with Gasteiger partial charge in [-0.05, 0) is 99.6 Å². The van der Waals surface area contributed by atoms with Gasteiger partial charge in [-0.2, -0.15) is 0 Å². The molecule has 15 rings (SSSR count). The fourth-order valence-electron chi connectivity index (χ4n) is 12.4. The second kappa shape index (κ2) is 13.2. The van der Waals surface area contributed by atoms with Gasteiger partial charge < -0.3 is 14.4 Å². The zero-order chi connectivity index (χ0) is 43.1. The van der Waals surface area contributed by atoms with Crippen molar-refractivity contribution in [2.24, 2.45) is 0 Å². The molecule has 11 aromatic rings. The van der Waals surface area contributed by atoms with Crippen LogP contribution in [0.15, 0.2) is 224 Å². The van der Waals surface area contributed by atoms with E-state index >= 15 is 0 Å². The van der Waals surface area contributed by atoms with Crippen LogP contribution in [-0.2, 0) is 10.8 Å². The van der Waals surface area contributed by atoms with Gasteiger partial charge in [0.05, 0.1) is 22.2 Å². The second-order valence-corrected chi connectivity index (χ2v) is 18.9. The highest BCUT2D eigenvalue weighted by Gasteiger charge is 2.53. The molecule has 0 fully saturated rings. The molecule has 1 aromatic heterocycles. The van der Waals surface area contributed by atoms with Gasteiger partial charge in [-0.15, -0.1) is 11.3 Å². The minimum atomic E-state index is -0.620. The molecule has 0 saturated carbocycles. The van der Waals surface area contributed by atoms with Crippen molar-refractivity contribution >= 4 is 48.6 Å². The standard InChI is InChI=1S/C62H37NO2S/c1-4-20-43-39(17-1)40-36-35-38(37-50(40)62(43)47-24-8-12-31-55(47)65-56-32-13-9-25-48(56)62)63(52-28-16-34-58-60(52)42-19-3-14-33-57(42)66-58)51-27-15-26-49-59(51)41-18-2-5-21-44(41)61(49)45-22-6-10-29-53(45)64-54-30-11-7-23-46(54)61/h1-37H. The third kappa shape index (κ3) is 4.47. The summed E-state index contributed by atoms with van der Waals surface area (Å²) in [5.41, 5.74) is 16.7. The van der Waals surface area contributed by atoms with Crippen molar-refractivity contribution in [3.63, 3.8) is 0 Å². The van der Waals surface area contributed by atoms with Crippen molar-refractivity contribution in [1.29, 1.82) is 0 Å². The Morgan fingerprint density at radius 1 is 0.333 bits per heavy atom. The summed E-state index contributed by atoms with van der Waals surface area (Å²) < 4.78 is 16.0. The molecule has 3 nitrogen and oxygen atoms in total. The van der Waals surface area contributed by atoms with Crippen LogP contribution in [-0.4, -0.2) is 0 Å². The molecule has 0 N–H and O–H groups in total. The quantitative estimate of drug-likeness (QED) is 0.177. The Kier molecular flexibility index (Phi) is 7.24. The van der Waals surface area contributed by atoms with Crippen molar-refractivity contribution < 1.29 is 9.47 Å². The van der Waals surface area contributed by atoms with Crippen LogP contribution in [0.1, 0.15) is 44.5 Å². The summed E-state index contributed by atoms with van der Waals surface area (Å²) in [5, 5.41) is 2.51. The van der Waals surface area contributed by atoms with Crippen LogP contribution in [0.4, 0.5) is 17.1 Å². The lowest BCUT2D eigenvalue weighted by atomic mass is 9.66. The Morgan fingerprint density at radius 3 is 1.44 bits per heavy atom. The van der Waals surface area contributed by atoms with E-state index in [4.69, 9.17) is 9.47 Å². The van der Waals surface area contributed by atoms with Crippen LogP contribution in [0.3, 0.4) is 0 Å². The highest BCUT2D eigenvalue weighted by atomic mass is 32.1. The maximum atomic E-state index is 6.76. The average Bonchev–Trinajstić information content (AvgIpc) is 4.00. The molecule has 4 aliphatic rings. The van der Waals surface area contributed by atoms with Gasteiger partial charge in [0.1, 0.15) is 23.0 Å². The number of hydrogen-bond donors (Lipinski definition) is 0. The van der Waals surface area contributed by atoms with Crippen LogP contribution in [0, 0.1) is 0 Å². The molecule has 66 heavy (non-hydrogen) atoms. The topological polar surface area (TPSA) is 21.7 Å². The molecule has 2 aliphatic carbocycles. The average molecular weight is 860 g/mol. The molecule has 308 valence electrons. The zero-order valence-corrected chi connectivity index (χ0v) is 36.4. The minimum absolute atomic E-state index is 0.612. The first-order chi connectivity index (χ1) is 32.7. The van der Waals surface area contributed by atoms with E-state index < -0.39 is 10.8 Å². The first kappa shape index (κ1) is 36.2. The highest BCUT2D eigenvalue weighted by Crippen LogP contribution is 2.66. The Bertz CT molecular complexity index is 3790. The minimum Gasteiger partial charge on any atom is -0.457 e. The third-order valence-corrected chi connectivity index (χ3v) is 15.9. The van der Waals surface area contributed by atoms with Crippen molar-refractivity contribution in [3.05, 3.63) is 269 Å². The molecule has 0 radical (unpaired) electrons. The van der Waals surface area contributed by atoms with Gasteiger partial charge in [-0.1, -0.05) is 164 Å². The second-order valence-electron chi connectivity index (χ2n) is 17.8. The Labute approximate surface area is 386 Å².